The van der Waals surface area contributed by atoms with Crippen LogP contribution < -0.4 is 4.72 Å². The highest BCUT2D eigenvalue weighted by atomic mass is 35.5. The molecule has 0 radical (unpaired) electrons. The van der Waals surface area contributed by atoms with Gasteiger partial charge in [-0.2, -0.15) is 0 Å². The Labute approximate surface area is 131 Å². The van der Waals surface area contributed by atoms with Crippen LogP contribution in [0.5, 0.6) is 0 Å². The fourth-order valence-corrected chi connectivity index (χ4v) is 3.55. The first-order valence-corrected chi connectivity index (χ1v) is 8.60. The van der Waals surface area contributed by atoms with Gasteiger partial charge in [0.05, 0.1) is 10.3 Å². The Morgan fingerprint density at radius 3 is 2.14 bits per heavy atom. The maximum absolute atomic E-state index is 12.3. The third-order valence-electron chi connectivity index (χ3n) is 3.23. The summed E-state index contributed by atoms with van der Waals surface area (Å²) in [4.78, 5) is 0.247. The second kappa shape index (κ2) is 6.60. The number of halogens is 1. The summed E-state index contributed by atoms with van der Waals surface area (Å²) in [5.41, 5.74) is 1.90. The summed E-state index contributed by atoms with van der Waals surface area (Å²) in [6.45, 7) is 3.67. The van der Waals surface area contributed by atoms with Crippen molar-refractivity contribution in [1.29, 1.82) is 0 Å². The van der Waals surface area contributed by atoms with Gasteiger partial charge >= 0.3 is 0 Å². The minimum Gasteiger partial charge on any atom is -0.207 e. The molecule has 0 heterocycles. The van der Waals surface area contributed by atoms with Gasteiger partial charge in [0.2, 0.25) is 10.0 Å². The molecule has 0 unspecified atom stereocenters. The zero-order valence-electron chi connectivity index (χ0n) is 12.0. The van der Waals surface area contributed by atoms with Crippen LogP contribution in [0, 0.1) is 6.92 Å². The summed E-state index contributed by atoms with van der Waals surface area (Å²) < 4.78 is 27.3. The van der Waals surface area contributed by atoms with Crippen molar-refractivity contribution >= 4 is 21.6 Å². The van der Waals surface area contributed by atoms with E-state index in [0.717, 1.165) is 11.1 Å². The molecule has 0 aliphatic heterocycles. The summed E-state index contributed by atoms with van der Waals surface area (Å²) in [5.74, 6) is 0. The van der Waals surface area contributed by atoms with E-state index in [1.165, 1.54) is 0 Å². The zero-order valence-corrected chi connectivity index (χ0v) is 13.5. The SMILES string of the molecule is Cc1ccc(S(=O)(=O)N[C@H](C)[C@@H](Cl)c2ccccc2)cc1. The highest BCUT2D eigenvalue weighted by molar-refractivity contribution is 7.89. The van der Waals surface area contributed by atoms with E-state index >= 15 is 0 Å². The molecule has 0 aliphatic carbocycles. The normalized spacial score (nSPS) is 14.6. The highest BCUT2D eigenvalue weighted by Gasteiger charge is 2.23. The Hall–Kier alpha value is -1.36. The molecular weight excluding hydrogens is 306 g/mol. The van der Waals surface area contributed by atoms with Crippen molar-refractivity contribution in [2.45, 2.75) is 30.2 Å². The van der Waals surface area contributed by atoms with Gasteiger partial charge in [-0.3, -0.25) is 0 Å². The van der Waals surface area contributed by atoms with Crippen molar-refractivity contribution in [2.75, 3.05) is 0 Å². The van der Waals surface area contributed by atoms with Crippen LogP contribution in [0.25, 0.3) is 0 Å². The second-order valence-electron chi connectivity index (χ2n) is 5.04. The molecule has 2 aromatic carbocycles. The lowest BCUT2D eigenvalue weighted by atomic mass is 10.1. The Morgan fingerprint density at radius 1 is 1.00 bits per heavy atom. The van der Waals surface area contributed by atoms with Crippen LogP contribution in [0.2, 0.25) is 0 Å². The molecule has 21 heavy (non-hydrogen) atoms. The molecule has 0 saturated carbocycles. The molecule has 2 rings (SSSR count). The monoisotopic (exact) mass is 323 g/mol. The third kappa shape index (κ3) is 4.06. The standard InChI is InChI=1S/C16H18ClNO2S/c1-12-8-10-15(11-9-12)21(19,20)18-13(2)16(17)14-6-4-3-5-7-14/h3-11,13,16,18H,1-2H3/t13-,16-/m1/s1. The van der Waals surface area contributed by atoms with Crippen LogP contribution in [0.3, 0.4) is 0 Å². The van der Waals surface area contributed by atoms with Crippen LogP contribution >= 0.6 is 11.6 Å². The zero-order chi connectivity index (χ0) is 15.5. The van der Waals surface area contributed by atoms with Crippen molar-refractivity contribution in [1.82, 2.24) is 4.72 Å². The number of alkyl halides is 1. The van der Waals surface area contributed by atoms with Crippen LogP contribution in [0.4, 0.5) is 0 Å². The van der Waals surface area contributed by atoms with Gasteiger partial charge in [-0.15, -0.1) is 11.6 Å². The fourth-order valence-electron chi connectivity index (χ4n) is 2.02. The van der Waals surface area contributed by atoms with Crippen LogP contribution in [-0.4, -0.2) is 14.5 Å². The molecule has 0 aliphatic rings. The first-order valence-electron chi connectivity index (χ1n) is 6.68. The van der Waals surface area contributed by atoms with Crippen molar-refractivity contribution in [3.05, 3.63) is 65.7 Å². The molecule has 112 valence electrons. The van der Waals surface area contributed by atoms with E-state index < -0.39 is 21.4 Å². The highest BCUT2D eigenvalue weighted by Crippen LogP contribution is 2.25. The van der Waals surface area contributed by atoms with Crippen molar-refractivity contribution < 1.29 is 8.42 Å². The van der Waals surface area contributed by atoms with Crippen molar-refractivity contribution in [3.63, 3.8) is 0 Å². The molecule has 0 aromatic heterocycles. The van der Waals surface area contributed by atoms with Crippen LogP contribution in [-0.2, 0) is 10.0 Å². The fraction of sp³-hybridized carbons (Fsp3) is 0.250. The molecular formula is C16H18ClNO2S. The third-order valence-corrected chi connectivity index (χ3v) is 5.43. The molecule has 1 N–H and O–H groups in total. The molecule has 0 amide bonds. The average molecular weight is 324 g/mol. The van der Waals surface area contributed by atoms with Gasteiger partial charge in [-0.05, 0) is 31.5 Å². The smallest absolute Gasteiger partial charge is 0.207 e. The first-order chi connectivity index (χ1) is 9.90. The van der Waals surface area contributed by atoms with Crippen LogP contribution in [0.15, 0.2) is 59.5 Å². The number of rotatable bonds is 5. The van der Waals surface area contributed by atoms with Gasteiger partial charge in [0.1, 0.15) is 0 Å². The van der Waals surface area contributed by atoms with Gasteiger partial charge in [0.25, 0.3) is 0 Å². The van der Waals surface area contributed by atoms with E-state index in [1.54, 1.807) is 31.2 Å². The van der Waals surface area contributed by atoms with E-state index in [4.69, 9.17) is 11.6 Å². The number of hydrogen-bond acceptors (Lipinski definition) is 2. The largest absolute Gasteiger partial charge is 0.240 e. The van der Waals surface area contributed by atoms with Gasteiger partial charge in [-0.1, -0.05) is 48.0 Å². The van der Waals surface area contributed by atoms with Gasteiger partial charge < -0.3 is 0 Å². The van der Waals surface area contributed by atoms with E-state index in [2.05, 4.69) is 4.72 Å². The number of hydrogen-bond donors (Lipinski definition) is 1. The minimum atomic E-state index is -3.56. The molecule has 3 nitrogen and oxygen atoms in total. The predicted octanol–water partition coefficient (Wildman–Crippen LogP) is 3.64. The summed E-state index contributed by atoms with van der Waals surface area (Å²) in [5, 5.41) is -0.425. The molecule has 0 spiro atoms. The summed E-state index contributed by atoms with van der Waals surface area (Å²) in [6, 6.07) is 15.7. The maximum Gasteiger partial charge on any atom is 0.240 e. The Bertz CT molecular complexity index is 684. The Morgan fingerprint density at radius 2 is 1.57 bits per heavy atom. The Balaban J connectivity index is 2.14. The molecule has 0 bridgehead atoms. The first kappa shape index (κ1) is 16.0. The molecule has 0 saturated heterocycles. The Kier molecular flexibility index (Phi) is 5.04. The number of benzene rings is 2. The van der Waals surface area contributed by atoms with E-state index in [1.807, 2.05) is 37.3 Å². The lowest BCUT2D eigenvalue weighted by molar-refractivity contribution is 0.555. The molecule has 5 heteroatoms. The number of nitrogens with one attached hydrogen (secondary N) is 1. The molecule has 2 aromatic rings. The average Bonchev–Trinajstić information content (AvgIpc) is 2.47. The lowest BCUT2D eigenvalue weighted by Crippen LogP contribution is -2.35. The van der Waals surface area contributed by atoms with E-state index in [9.17, 15) is 8.42 Å². The van der Waals surface area contributed by atoms with Crippen molar-refractivity contribution in [3.8, 4) is 0 Å². The predicted molar refractivity (Wildman–Crippen MR) is 86.0 cm³/mol. The minimum absolute atomic E-state index is 0.247. The van der Waals surface area contributed by atoms with E-state index in [0.29, 0.717) is 0 Å². The van der Waals surface area contributed by atoms with E-state index in [-0.39, 0.29) is 4.90 Å². The molecule has 2 atom stereocenters. The topological polar surface area (TPSA) is 46.2 Å². The summed E-state index contributed by atoms with van der Waals surface area (Å²) >= 11 is 6.35. The van der Waals surface area contributed by atoms with Crippen molar-refractivity contribution in [2.24, 2.45) is 0 Å². The molecule has 0 fully saturated rings. The summed E-state index contributed by atoms with van der Waals surface area (Å²) in [6.07, 6.45) is 0. The summed E-state index contributed by atoms with van der Waals surface area (Å²) in [7, 11) is -3.56. The van der Waals surface area contributed by atoms with Crippen LogP contribution in [0.1, 0.15) is 23.4 Å². The van der Waals surface area contributed by atoms with Gasteiger partial charge in [0.15, 0.2) is 0 Å². The number of sulfonamides is 1. The lowest BCUT2D eigenvalue weighted by Gasteiger charge is -2.20. The maximum atomic E-state index is 12.3. The van der Waals surface area contributed by atoms with Gasteiger partial charge in [-0.25, -0.2) is 13.1 Å². The quantitative estimate of drug-likeness (QED) is 0.854. The van der Waals surface area contributed by atoms with Gasteiger partial charge in [0, 0.05) is 6.04 Å². The number of aryl methyl sites for hydroxylation is 1. The second-order valence-corrected chi connectivity index (χ2v) is 7.22.